The second kappa shape index (κ2) is 5.48. The number of carbonyl (C=O) groups is 1. The van der Waals surface area contributed by atoms with Gasteiger partial charge in [0.2, 0.25) is 5.91 Å². The van der Waals surface area contributed by atoms with Gasteiger partial charge in [-0.25, -0.2) is 4.39 Å². The molecular weight excluding hydrogens is 231 g/mol. The molecule has 0 unspecified atom stereocenters. The number of rotatable bonds is 3. The highest BCUT2D eigenvalue weighted by molar-refractivity contribution is 5.79. The first-order valence-electron chi connectivity index (χ1n) is 6.35. The Hall–Kier alpha value is -1.42. The molecule has 2 rings (SSSR count). The summed E-state index contributed by atoms with van der Waals surface area (Å²) in [4.78, 5) is 13.9. The van der Waals surface area contributed by atoms with E-state index < -0.39 is 0 Å². The number of nitrogens with two attached hydrogens (primary N) is 1. The standard InChI is InChI=1S/C14H19FN2O/c1-10(8-11-4-2-3-5-13(11)15)14(18)17-7-6-12(16)9-17/h2-5,10,12H,6-9,16H2,1H3/t10-,12-/m1/s1. The summed E-state index contributed by atoms with van der Waals surface area (Å²) in [7, 11) is 0. The Kier molecular flexibility index (Phi) is 3.97. The summed E-state index contributed by atoms with van der Waals surface area (Å²) in [6.45, 7) is 3.20. The van der Waals surface area contributed by atoms with Gasteiger partial charge in [-0.2, -0.15) is 0 Å². The average molecular weight is 250 g/mol. The predicted octanol–water partition coefficient (Wildman–Crippen LogP) is 1.56. The maximum absolute atomic E-state index is 13.5. The fraction of sp³-hybridized carbons (Fsp3) is 0.500. The van der Waals surface area contributed by atoms with Crippen LogP contribution in [0.3, 0.4) is 0 Å². The number of amides is 1. The van der Waals surface area contributed by atoms with Crippen molar-refractivity contribution in [1.82, 2.24) is 4.90 Å². The van der Waals surface area contributed by atoms with Crippen molar-refractivity contribution in [2.75, 3.05) is 13.1 Å². The molecule has 2 atom stereocenters. The zero-order chi connectivity index (χ0) is 13.1. The van der Waals surface area contributed by atoms with Gasteiger partial charge in [0.1, 0.15) is 5.82 Å². The van der Waals surface area contributed by atoms with Crippen molar-refractivity contribution in [3.8, 4) is 0 Å². The minimum absolute atomic E-state index is 0.0752. The highest BCUT2D eigenvalue weighted by Crippen LogP contribution is 2.17. The van der Waals surface area contributed by atoms with E-state index in [0.717, 1.165) is 13.0 Å². The Labute approximate surface area is 107 Å². The fourth-order valence-corrected chi connectivity index (χ4v) is 2.38. The normalized spacial score (nSPS) is 21.1. The van der Waals surface area contributed by atoms with Crippen LogP contribution in [0.2, 0.25) is 0 Å². The molecule has 0 bridgehead atoms. The lowest BCUT2D eigenvalue weighted by Crippen LogP contribution is -2.36. The van der Waals surface area contributed by atoms with E-state index in [-0.39, 0.29) is 23.7 Å². The average Bonchev–Trinajstić information content (AvgIpc) is 2.78. The molecule has 0 radical (unpaired) electrons. The Bertz CT molecular complexity index is 436. The molecule has 1 aromatic carbocycles. The van der Waals surface area contributed by atoms with E-state index in [0.29, 0.717) is 18.5 Å². The van der Waals surface area contributed by atoms with Gasteiger partial charge >= 0.3 is 0 Å². The van der Waals surface area contributed by atoms with E-state index in [9.17, 15) is 9.18 Å². The van der Waals surface area contributed by atoms with Crippen molar-refractivity contribution in [3.05, 3.63) is 35.6 Å². The van der Waals surface area contributed by atoms with Gasteiger partial charge in [-0.05, 0) is 24.5 Å². The van der Waals surface area contributed by atoms with Crippen molar-refractivity contribution >= 4 is 5.91 Å². The topological polar surface area (TPSA) is 46.3 Å². The summed E-state index contributed by atoms with van der Waals surface area (Å²) in [5, 5.41) is 0. The zero-order valence-electron chi connectivity index (χ0n) is 10.6. The highest BCUT2D eigenvalue weighted by Gasteiger charge is 2.27. The lowest BCUT2D eigenvalue weighted by molar-refractivity contribution is -0.133. The molecule has 1 amide bonds. The molecule has 4 heteroatoms. The molecule has 1 fully saturated rings. The SMILES string of the molecule is C[C@H](Cc1ccccc1F)C(=O)N1CC[C@@H](N)C1. The van der Waals surface area contributed by atoms with Crippen LogP contribution >= 0.6 is 0 Å². The maximum Gasteiger partial charge on any atom is 0.225 e. The van der Waals surface area contributed by atoms with Crippen LogP contribution in [0.5, 0.6) is 0 Å². The van der Waals surface area contributed by atoms with Gasteiger partial charge in [-0.1, -0.05) is 25.1 Å². The Morgan fingerprint density at radius 2 is 2.28 bits per heavy atom. The summed E-state index contributed by atoms with van der Waals surface area (Å²) < 4.78 is 13.5. The summed E-state index contributed by atoms with van der Waals surface area (Å²) in [5.74, 6) is -0.367. The first kappa shape index (κ1) is 13.0. The number of nitrogens with zero attached hydrogens (tertiary/aromatic N) is 1. The van der Waals surface area contributed by atoms with Gasteiger partial charge in [0, 0.05) is 25.0 Å². The molecule has 0 saturated carbocycles. The van der Waals surface area contributed by atoms with E-state index in [1.165, 1.54) is 6.07 Å². The van der Waals surface area contributed by atoms with Crippen LogP contribution in [0.25, 0.3) is 0 Å². The van der Waals surface area contributed by atoms with Crippen molar-refractivity contribution in [3.63, 3.8) is 0 Å². The van der Waals surface area contributed by atoms with Crippen LogP contribution in [-0.2, 0) is 11.2 Å². The third-order valence-corrected chi connectivity index (χ3v) is 3.44. The van der Waals surface area contributed by atoms with Crippen LogP contribution in [0.4, 0.5) is 4.39 Å². The van der Waals surface area contributed by atoms with Crippen molar-refractivity contribution in [2.45, 2.75) is 25.8 Å². The van der Waals surface area contributed by atoms with Gasteiger partial charge in [0.25, 0.3) is 0 Å². The maximum atomic E-state index is 13.5. The molecule has 0 spiro atoms. The van der Waals surface area contributed by atoms with Crippen LogP contribution in [-0.4, -0.2) is 29.9 Å². The van der Waals surface area contributed by atoms with Gasteiger partial charge in [-0.3, -0.25) is 4.79 Å². The fourth-order valence-electron chi connectivity index (χ4n) is 2.38. The molecule has 98 valence electrons. The number of hydrogen-bond acceptors (Lipinski definition) is 2. The number of halogens is 1. The van der Waals surface area contributed by atoms with E-state index >= 15 is 0 Å². The Morgan fingerprint density at radius 1 is 1.56 bits per heavy atom. The van der Waals surface area contributed by atoms with E-state index in [1.54, 1.807) is 23.1 Å². The minimum Gasteiger partial charge on any atom is -0.341 e. The monoisotopic (exact) mass is 250 g/mol. The van der Waals surface area contributed by atoms with Gasteiger partial charge < -0.3 is 10.6 Å². The minimum atomic E-state index is -0.240. The third-order valence-electron chi connectivity index (χ3n) is 3.44. The van der Waals surface area contributed by atoms with Crippen LogP contribution in [0.1, 0.15) is 18.9 Å². The molecular formula is C14H19FN2O. The molecule has 1 aliphatic rings. The summed E-state index contributed by atoms with van der Waals surface area (Å²) in [6, 6.07) is 6.70. The lowest BCUT2D eigenvalue weighted by atomic mass is 9.99. The number of hydrogen-bond donors (Lipinski definition) is 1. The van der Waals surface area contributed by atoms with Gasteiger partial charge in [0.15, 0.2) is 0 Å². The molecule has 0 aromatic heterocycles. The summed E-state index contributed by atoms with van der Waals surface area (Å²) in [5.41, 5.74) is 6.38. The molecule has 1 heterocycles. The summed E-state index contributed by atoms with van der Waals surface area (Å²) >= 11 is 0. The lowest BCUT2D eigenvalue weighted by Gasteiger charge is -2.20. The second-order valence-electron chi connectivity index (χ2n) is 5.03. The highest BCUT2D eigenvalue weighted by atomic mass is 19.1. The Balaban J connectivity index is 1.98. The van der Waals surface area contributed by atoms with Crippen molar-refractivity contribution in [1.29, 1.82) is 0 Å². The summed E-state index contributed by atoms with van der Waals surface area (Å²) in [6.07, 6.45) is 1.30. The molecule has 1 saturated heterocycles. The van der Waals surface area contributed by atoms with E-state index in [2.05, 4.69) is 0 Å². The van der Waals surface area contributed by atoms with E-state index in [4.69, 9.17) is 5.73 Å². The van der Waals surface area contributed by atoms with Crippen LogP contribution < -0.4 is 5.73 Å². The number of carbonyl (C=O) groups excluding carboxylic acids is 1. The van der Waals surface area contributed by atoms with E-state index in [1.807, 2.05) is 6.92 Å². The molecule has 2 N–H and O–H groups in total. The largest absolute Gasteiger partial charge is 0.341 e. The van der Waals surface area contributed by atoms with Crippen LogP contribution in [0, 0.1) is 11.7 Å². The third kappa shape index (κ3) is 2.88. The zero-order valence-corrected chi connectivity index (χ0v) is 10.6. The molecule has 1 aliphatic heterocycles. The molecule has 1 aromatic rings. The quantitative estimate of drug-likeness (QED) is 0.885. The molecule has 18 heavy (non-hydrogen) atoms. The predicted molar refractivity (Wildman–Crippen MR) is 68.4 cm³/mol. The first-order valence-corrected chi connectivity index (χ1v) is 6.35. The Morgan fingerprint density at radius 3 is 2.89 bits per heavy atom. The molecule has 0 aliphatic carbocycles. The number of likely N-dealkylation sites (tertiary alicyclic amines) is 1. The smallest absolute Gasteiger partial charge is 0.225 e. The van der Waals surface area contributed by atoms with Crippen LogP contribution in [0.15, 0.2) is 24.3 Å². The first-order chi connectivity index (χ1) is 8.58. The van der Waals surface area contributed by atoms with Crippen molar-refractivity contribution < 1.29 is 9.18 Å². The van der Waals surface area contributed by atoms with Gasteiger partial charge in [-0.15, -0.1) is 0 Å². The number of benzene rings is 1. The second-order valence-corrected chi connectivity index (χ2v) is 5.03. The molecule has 3 nitrogen and oxygen atoms in total. The van der Waals surface area contributed by atoms with Crippen molar-refractivity contribution in [2.24, 2.45) is 11.7 Å². The van der Waals surface area contributed by atoms with Gasteiger partial charge in [0.05, 0.1) is 0 Å².